The maximum Gasteiger partial charge on any atom is 0.263 e. The van der Waals surface area contributed by atoms with Crippen LogP contribution in [-0.4, -0.2) is 14.5 Å². The second-order valence-corrected chi connectivity index (χ2v) is 8.97. The van der Waals surface area contributed by atoms with Crippen molar-refractivity contribution in [2.24, 2.45) is 5.92 Å². The Morgan fingerprint density at radius 3 is 2.97 bits per heavy atom. The van der Waals surface area contributed by atoms with Gasteiger partial charge >= 0.3 is 0 Å². The highest BCUT2D eigenvalue weighted by Gasteiger charge is 2.25. The molecule has 30 heavy (non-hydrogen) atoms. The number of nitriles is 1. The molecule has 0 N–H and O–H groups in total. The molecule has 1 unspecified atom stereocenters. The molecule has 0 spiro atoms. The third kappa shape index (κ3) is 3.21. The number of benzene rings is 1. The molecule has 3 aromatic heterocycles. The standard InChI is InChI=1S/C24H20N4OS/c1-15-8-9-18-20(11-15)30-23-21(18)24(29)28(14-17-6-4-5-16(12-17)13-25)22(27-23)19-7-2-3-10-26-19/h2-7,10,12,15H,8-9,11,14H2,1H3. The van der Waals surface area contributed by atoms with Gasteiger partial charge in [-0.1, -0.05) is 25.1 Å². The number of nitrogens with zero attached hydrogens (tertiary/aromatic N) is 4. The van der Waals surface area contributed by atoms with E-state index in [9.17, 15) is 10.1 Å². The highest BCUT2D eigenvalue weighted by molar-refractivity contribution is 7.18. The Bertz CT molecular complexity index is 1350. The minimum Gasteiger partial charge on any atom is -0.286 e. The fourth-order valence-electron chi connectivity index (χ4n) is 4.18. The second kappa shape index (κ2) is 7.51. The molecular formula is C24H20N4OS. The minimum absolute atomic E-state index is 0.0185. The molecule has 1 aliphatic rings. The number of hydrogen-bond acceptors (Lipinski definition) is 5. The number of pyridine rings is 1. The lowest BCUT2D eigenvalue weighted by Gasteiger charge is -2.18. The topological polar surface area (TPSA) is 71.6 Å². The van der Waals surface area contributed by atoms with Crippen molar-refractivity contribution >= 4 is 21.6 Å². The van der Waals surface area contributed by atoms with Crippen molar-refractivity contribution in [1.29, 1.82) is 5.26 Å². The van der Waals surface area contributed by atoms with Crippen molar-refractivity contribution in [3.8, 4) is 17.6 Å². The Labute approximate surface area is 178 Å². The van der Waals surface area contributed by atoms with Gasteiger partial charge in [-0.25, -0.2) is 4.98 Å². The summed E-state index contributed by atoms with van der Waals surface area (Å²) in [6, 6.07) is 15.2. The summed E-state index contributed by atoms with van der Waals surface area (Å²) in [5.74, 6) is 1.21. The van der Waals surface area contributed by atoms with Crippen molar-refractivity contribution < 1.29 is 0 Å². The number of thiophene rings is 1. The zero-order valence-corrected chi connectivity index (χ0v) is 17.4. The maximum atomic E-state index is 13.7. The SMILES string of the molecule is CC1CCc2c(sc3nc(-c4ccccn4)n(Cc4cccc(C#N)c4)c(=O)c23)C1. The molecule has 5 rings (SSSR count). The largest absolute Gasteiger partial charge is 0.286 e. The van der Waals surface area contributed by atoms with Crippen LogP contribution in [-0.2, 0) is 19.4 Å². The van der Waals surface area contributed by atoms with Gasteiger partial charge in [-0.15, -0.1) is 11.3 Å². The molecule has 0 saturated heterocycles. The average Bonchev–Trinajstić information content (AvgIpc) is 3.14. The maximum absolute atomic E-state index is 13.7. The summed E-state index contributed by atoms with van der Waals surface area (Å²) >= 11 is 1.65. The smallest absolute Gasteiger partial charge is 0.263 e. The Hall–Kier alpha value is -3.30. The molecular weight excluding hydrogens is 392 g/mol. The molecule has 4 aromatic rings. The molecule has 0 radical (unpaired) electrons. The third-order valence-electron chi connectivity index (χ3n) is 5.71. The van der Waals surface area contributed by atoms with E-state index in [4.69, 9.17) is 4.98 Å². The zero-order chi connectivity index (χ0) is 20.7. The summed E-state index contributed by atoms with van der Waals surface area (Å²) in [6.45, 7) is 2.62. The molecule has 0 amide bonds. The number of hydrogen-bond donors (Lipinski definition) is 0. The summed E-state index contributed by atoms with van der Waals surface area (Å²) < 4.78 is 1.71. The molecule has 1 atom stereocenters. The van der Waals surface area contributed by atoms with Crippen LogP contribution >= 0.6 is 11.3 Å². The van der Waals surface area contributed by atoms with Crippen LogP contribution in [0.4, 0.5) is 0 Å². The van der Waals surface area contributed by atoms with Crippen LogP contribution in [0.25, 0.3) is 21.7 Å². The van der Waals surface area contributed by atoms with Gasteiger partial charge in [0, 0.05) is 11.1 Å². The first-order valence-electron chi connectivity index (χ1n) is 10.1. The lowest BCUT2D eigenvalue weighted by molar-refractivity contribution is 0.509. The zero-order valence-electron chi connectivity index (χ0n) is 16.6. The Balaban J connectivity index is 1.75. The summed E-state index contributed by atoms with van der Waals surface area (Å²) in [4.78, 5) is 25.2. The Kier molecular flexibility index (Phi) is 4.68. The predicted octanol–water partition coefficient (Wildman–Crippen LogP) is 4.56. The highest BCUT2D eigenvalue weighted by Crippen LogP contribution is 2.36. The first-order chi connectivity index (χ1) is 14.6. The van der Waals surface area contributed by atoms with Crippen LogP contribution in [0.3, 0.4) is 0 Å². The van der Waals surface area contributed by atoms with Crippen LogP contribution in [0.5, 0.6) is 0 Å². The minimum atomic E-state index is -0.0185. The normalized spacial score (nSPS) is 15.7. The van der Waals surface area contributed by atoms with Crippen molar-refractivity contribution in [3.63, 3.8) is 0 Å². The molecule has 6 heteroatoms. The van der Waals surface area contributed by atoms with Crippen LogP contribution in [0.2, 0.25) is 0 Å². The van der Waals surface area contributed by atoms with Gasteiger partial charge < -0.3 is 0 Å². The fraction of sp³-hybridized carbons (Fsp3) is 0.250. The van der Waals surface area contributed by atoms with E-state index in [0.29, 0.717) is 29.5 Å². The van der Waals surface area contributed by atoms with E-state index in [0.717, 1.165) is 35.0 Å². The molecule has 1 aliphatic carbocycles. The Morgan fingerprint density at radius 1 is 1.27 bits per heavy atom. The molecule has 3 heterocycles. The Morgan fingerprint density at radius 2 is 2.17 bits per heavy atom. The van der Waals surface area contributed by atoms with Crippen molar-refractivity contribution in [1.82, 2.24) is 14.5 Å². The molecule has 0 bridgehead atoms. The summed E-state index contributed by atoms with van der Waals surface area (Å²) in [6.07, 6.45) is 4.76. The predicted molar refractivity (Wildman–Crippen MR) is 119 cm³/mol. The number of aromatic nitrogens is 3. The first kappa shape index (κ1) is 18.7. The monoisotopic (exact) mass is 412 g/mol. The van der Waals surface area contributed by atoms with Gasteiger partial charge in [-0.05, 0) is 60.6 Å². The molecule has 148 valence electrons. The van der Waals surface area contributed by atoms with E-state index in [1.54, 1.807) is 28.2 Å². The van der Waals surface area contributed by atoms with Crippen LogP contribution in [0, 0.1) is 17.2 Å². The molecule has 0 aliphatic heterocycles. The van der Waals surface area contributed by atoms with Gasteiger partial charge in [0.25, 0.3) is 5.56 Å². The van der Waals surface area contributed by atoms with Gasteiger partial charge in [0.05, 0.1) is 23.6 Å². The third-order valence-corrected chi connectivity index (χ3v) is 6.85. The quantitative estimate of drug-likeness (QED) is 0.494. The summed E-state index contributed by atoms with van der Waals surface area (Å²) in [7, 11) is 0. The lowest BCUT2D eigenvalue weighted by Crippen LogP contribution is -2.25. The summed E-state index contributed by atoms with van der Waals surface area (Å²) in [5, 5.41) is 10.0. The van der Waals surface area contributed by atoms with Gasteiger partial charge in [0.2, 0.25) is 0 Å². The van der Waals surface area contributed by atoms with Gasteiger partial charge in [0.15, 0.2) is 5.82 Å². The van der Waals surface area contributed by atoms with Crippen molar-refractivity contribution in [2.45, 2.75) is 32.7 Å². The fourth-order valence-corrected chi connectivity index (χ4v) is 5.56. The second-order valence-electron chi connectivity index (χ2n) is 7.89. The van der Waals surface area contributed by atoms with E-state index in [2.05, 4.69) is 18.0 Å². The van der Waals surface area contributed by atoms with E-state index in [1.165, 1.54) is 10.4 Å². The van der Waals surface area contributed by atoms with Crippen LogP contribution in [0.1, 0.15) is 34.9 Å². The number of fused-ring (bicyclic) bond motifs is 3. The van der Waals surface area contributed by atoms with E-state index in [-0.39, 0.29) is 5.56 Å². The van der Waals surface area contributed by atoms with Gasteiger partial charge in [0.1, 0.15) is 10.5 Å². The van der Waals surface area contributed by atoms with Crippen molar-refractivity contribution in [2.75, 3.05) is 0 Å². The van der Waals surface area contributed by atoms with E-state index >= 15 is 0 Å². The van der Waals surface area contributed by atoms with Crippen molar-refractivity contribution in [3.05, 3.63) is 80.6 Å². The van der Waals surface area contributed by atoms with Gasteiger partial charge in [-0.3, -0.25) is 14.3 Å². The average molecular weight is 413 g/mol. The molecule has 5 nitrogen and oxygen atoms in total. The van der Waals surface area contributed by atoms with Crippen LogP contribution < -0.4 is 5.56 Å². The van der Waals surface area contributed by atoms with E-state index < -0.39 is 0 Å². The van der Waals surface area contributed by atoms with Crippen LogP contribution in [0.15, 0.2) is 53.5 Å². The van der Waals surface area contributed by atoms with Gasteiger partial charge in [-0.2, -0.15) is 5.26 Å². The number of rotatable bonds is 3. The lowest BCUT2D eigenvalue weighted by atomic mass is 9.89. The molecule has 0 fully saturated rings. The van der Waals surface area contributed by atoms with E-state index in [1.807, 2.05) is 36.4 Å². The highest BCUT2D eigenvalue weighted by atomic mass is 32.1. The summed E-state index contributed by atoms with van der Waals surface area (Å²) in [5.41, 5.74) is 3.31. The number of aryl methyl sites for hydroxylation is 1. The first-order valence-corrected chi connectivity index (χ1v) is 10.9. The molecule has 0 saturated carbocycles. The molecule has 1 aromatic carbocycles.